The number of rotatable bonds is 5. The fourth-order valence-corrected chi connectivity index (χ4v) is 3.65. The number of carbonyl (C=O) groups is 1. The normalized spacial score (nSPS) is 20.0. The minimum atomic E-state index is -0.446. The predicted molar refractivity (Wildman–Crippen MR) is 87.5 cm³/mol. The monoisotopic (exact) mass is 313 g/mol. The number of amides is 1. The van der Waals surface area contributed by atoms with Crippen molar-refractivity contribution in [2.75, 3.05) is 6.54 Å². The first kappa shape index (κ1) is 14.7. The highest BCUT2D eigenvalue weighted by Gasteiger charge is 2.30. The van der Waals surface area contributed by atoms with Gasteiger partial charge in [-0.3, -0.25) is 4.79 Å². The second-order valence-electron chi connectivity index (χ2n) is 6.87. The van der Waals surface area contributed by atoms with E-state index in [9.17, 15) is 9.90 Å². The van der Waals surface area contributed by atoms with Gasteiger partial charge in [0.25, 0.3) is 5.91 Å². The van der Waals surface area contributed by atoms with Crippen molar-refractivity contribution in [3.05, 3.63) is 35.9 Å². The Kier molecular flexibility index (Phi) is 3.81. The smallest absolute Gasteiger partial charge is 0.272 e. The average Bonchev–Trinajstić information content (AvgIpc) is 3.13. The molecule has 2 fully saturated rings. The zero-order valence-electron chi connectivity index (χ0n) is 13.2. The summed E-state index contributed by atoms with van der Waals surface area (Å²) in [6, 6.07) is 5.82. The Bertz CT molecular complexity index is 714. The molecule has 2 aromatic rings. The number of imidazole rings is 1. The van der Waals surface area contributed by atoms with Gasteiger partial charge in [0.15, 0.2) is 5.69 Å². The van der Waals surface area contributed by atoms with Gasteiger partial charge in [-0.1, -0.05) is 18.9 Å². The summed E-state index contributed by atoms with van der Waals surface area (Å²) in [6.45, 7) is 0.314. The summed E-state index contributed by atoms with van der Waals surface area (Å²) in [7, 11) is 0. The van der Waals surface area contributed by atoms with E-state index in [4.69, 9.17) is 0 Å². The van der Waals surface area contributed by atoms with Gasteiger partial charge in [0.2, 0.25) is 0 Å². The summed E-state index contributed by atoms with van der Waals surface area (Å²) in [5.74, 6) is 1.62. The Balaban J connectivity index is 1.50. The lowest BCUT2D eigenvalue weighted by molar-refractivity contribution is 0.0838. The molecule has 5 nitrogen and oxygen atoms in total. The number of hydrogen-bond acceptors (Lipinski definition) is 3. The molecule has 2 aliphatic carbocycles. The lowest BCUT2D eigenvalue weighted by Crippen LogP contribution is -2.35. The second-order valence-corrected chi connectivity index (χ2v) is 6.87. The van der Waals surface area contributed by atoms with Crippen LogP contribution in [0.1, 0.15) is 60.8 Å². The van der Waals surface area contributed by atoms with E-state index in [2.05, 4.69) is 10.3 Å². The molecule has 23 heavy (non-hydrogen) atoms. The van der Waals surface area contributed by atoms with E-state index < -0.39 is 6.10 Å². The van der Waals surface area contributed by atoms with E-state index in [0.717, 1.165) is 37.0 Å². The Morgan fingerprint density at radius 2 is 2.09 bits per heavy atom. The van der Waals surface area contributed by atoms with Crippen molar-refractivity contribution < 1.29 is 9.90 Å². The number of nitrogens with one attached hydrogen (secondary N) is 1. The summed E-state index contributed by atoms with van der Waals surface area (Å²) >= 11 is 0. The molecule has 2 aromatic heterocycles. The molecule has 0 aliphatic heterocycles. The number of aliphatic hydroxyl groups is 1. The van der Waals surface area contributed by atoms with Crippen LogP contribution in [0.3, 0.4) is 0 Å². The van der Waals surface area contributed by atoms with Gasteiger partial charge >= 0.3 is 0 Å². The number of pyridine rings is 1. The number of hydrogen-bond donors (Lipinski definition) is 2. The first-order chi connectivity index (χ1) is 11.2. The molecule has 1 atom stereocenters. The highest BCUT2D eigenvalue weighted by Crippen LogP contribution is 2.40. The van der Waals surface area contributed by atoms with Gasteiger partial charge in [0, 0.05) is 18.7 Å². The molecular formula is C18H23N3O2. The molecule has 122 valence electrons. The van der Waals surface area contributed by atoms with Crippen molar-refractivity contribution in [1.29, 1.82) is 0 Å². The summed E-state index contributed by atoms with van der Waals surface area (Å²) in [6.07, 6.45) is 8.33. The number of nitrogens with zero attached hydrogens (tertiary/aromatic N) is 2. The quantitative estimate of drug-likeness (QED) is 0.891. The van der Waals surface area contributed by atoms with Gasteiger partial charge in [-0.05, 0) is 43.7 Å². The molecule has 2 heterocycles. The summed E-state index contributed by atoms with van der Waals surface area (Å²) in [4.78, 5) is 17.1. The molecule has 5 heteroatoms. The van der Waals surface area contributed by atoms with Crippen LogP contribution in [0.4, 0.5) is 0 Å². The van der Waals surface area contributed by atoms with Crippen LogP contribution in [0.25, 0.3) is 5.52 Å². The topological polar surface area (TPSA) is 66.6 Å². The van der Waals surface area contributed by atoms with Crippen LogP contribution in [0.2, 0.25) is 0 Å². The highest BCUT2D eigenvalue weighted by molar-refractivity contribution is 5.99. The van der Waals surface area contributed by atoms with Crippen LogP contribution < -0.4 is 5.32 Å². The van der Waals surface area contributed by atoms with Crippen molar-refractivity contribution >= 4 is 11.4 Å². The fraction of sp³-hybridized carbons (Fsp3) is 0.556. The Morgan fingerprint density at radius 1 is 1.30 bits per heavy atom. The van der Waals surface area contributed by atoms with Crippen LogP contribution in [-0.2, 0) is 0 Å². The van der Waals surface area contributed by atoms with Gasteiger partial charge < -0.3 is 14.8 Å². The number of fused-ring (bicyclic) bond motifs is 1. The van der Waals surface area contributed by atoms with Crippen molar-refractivity contribution in [2.45, 2.75) is 50.5 Å². The first-order valence-electron chi connectivity index (χ1n) is 8.67. The van der Waals surface area contributed by atoms with Crippen LogP contribution in [0.15, 0.2) is 24.4 Å². The van der Waals surface area contributed by atoms with Crippen molar-refractivity contribution in [3.63, 3.8) is 0 Å². The lowest BCUT2D eigenvalue weighted by Gasteiger charge is -2.17. The van der Waals surface area contributed by atoms with Crippen molar-refractivity contribution in [2.24, 2.45) is 5.92 Å². The fourth-order valence-electron chi connectivity index (χ4n) is 3.65. The second kappa shape index (κ2) is 5.96. The van der Waals surface area contributed by atoms with Crippen LogP contribution >= 0.6 is 0 Å². The van der Waals surface area contributed by atoms with Gasteiger partial charge in [-0.25, -0.2) is 4.98 Å². The SMILES string of the molecule is O=C(NCC(O)C1CCCC1)c1nc(C2CC2)n2ccccc12. The predicted octanol–water partition coefficient (Wildman–Crippen LogP) is 2.49. The molecule has 1 amide bonds. The van der Waals surface area contributed by atoms with E-state index in [-0.39, 0.29) is 5.91 Å². The van der Waals surface area contributed by atoms with Gasteiger partial charge in [0.1, 0.15) is 5.82 Å². The van der Waals surface area contributed by atoms with Gasteiger partial charge in [-0.15, -0.1) is 0 Å². The first-order valence-corrected chi connectivity index (χ1v) is 8.67. The zero-order valence-corrected chi connectivity index (χ0v) is 13.2. The van der Waals surface area contributed by atoms with E-state index in [1.54, 1.807) is 0 Å². The standard InChI is InChI=1S/C18H23N3O2/c22-15(12-5-1-2-6-12)11-19-18(23)16-14-7-3-4-10-21(14)17(20-16)13-8-9-13/h3-4,7,10,12-13,15,22H,1-2,5-6,8-9,11H2,(H,19,23). The Hall–Kier alpha value is -1.88. The molecule has 2 N–H and O–H groups in total. The highest BCUT2D eigenvalue weighted by atomic mass is 16.3. The molecule has 0 aromatic carbocycles. The molecule has 0 saturated heterocycles. The molecular weight excluding hydrogens is 290 g/mol. The molecule has 1 unspecified atom stereocenters. The molecule has 0 bridgehead atoms. The Morgan fingerprint density at radius 3 is 2.83 bits per heavy atom. The van der Waals surface area contributed by atoms with Gasteiger partial charge in [0.05, 0.1) is 11.6 Å². The van der Waals surface area contributed by atoms with Gasteiger partial charge in [-0.2, -0.15) is 0 Å². The average molecular weight is 313 g/mol. The summed E-state index contributed by atoms with van der Waals surface area (Å²) < 4.78 is 2.03. The molecule has 0 spiro atoms. The third-order valence-electron chi connectivity index (χ3n) is 5.15. The van der Waals surface area contributed by atoms with Crippen LogP contribution in [0, 0.1) is 5.92 Å². The minimum absolute atomic E-state index is 0.183. The summed E-state index contributed by atoms with van der Waals surface area (Å²) in [5.41, 5.74) is 1.33. The third kappa shape index (κ3) is 2.85. The molecule has 2 saturated carbocycles. The largest absolute Gasteiger partial charge is 0.391 e. The number of aromatic nitrogens is 2. The number of aliphatic hydroxyl groups excluding tert-OH is 1. The third-order valence-corrected chi connectivity index (χ3v) is 5.15. The maximum atomic E-state index is 12.5. The maximum Gasteiger partial charge on any atom is 0.272 e. The lowest BCUT2D eigenvalue weighted by atomic mass is 10.0. The molecule has 4 rings (SSSR count). The molecule has 0 radical (unpaired) electrons. The molecule has 2 aliphatic rings. The Labute approximate surface area is 135 Å². The minimum Gasteiger partial charge on any atom is -0.391 e. The van der Waals surface area contributed by atoms with E-state index in [0.29, 0.717) is 24.1 Å². The van der Waals surface area contributed by atoms with E-state index >= 15 is 0 Å². The van der Waals surface area contributed by atoms with E-state index in [1.807, 2.05) is 28.8 Å². The van der Waals surface area contributed by atoms with Crippen LogP contribution in [-0.4, -0.2) is 33.0 Å². The van der Waals surface area contributed by atoms with Crippen LogP contribution in [0.5, 0.6) is 0 Å². The van der Waals surface area contributed by atoms with Crippen molar-refractivity contribution in [3.8, 4) is 0 Å². The maximum absolute atomic E-state index is 12.5. The zero-order chi connectivity index (χ0) is 15.8. The van der Waals surface area contributed by atoms with E-state index in [1.165, 1.54) is 12.8 Å². The number of carbonyl (C=O) groups excluding carboxylic acids is 1. The van der Waals surface area contributed by atoms with Crippen molar-refractivity contribution in [1.82, 2.24) is 14.7 Å². The summed E-state index contributed by atoms with van der Waals surface area (Å²) in [5, 5.41) is 13.1.